The van der Waals surface area contributed by atoms with Crippen LogP contribution in [0.5, 0.6) is 0 Å². The maximum atomic E-state index is 12.2. The second-order valence-corrected chi connectivity index (χ2v) is 5.96. The van der Waals surface area contributed by atoms with Crippen molar-refractivity contribution < 1.29 is 14.3 Å². The molecule has 6 heteroatoms. The van der Waals surface area contributed by atoms with Gasteiger partial charge in [-0.25, -0.2) is 0 Å². The predicted molar refractivity (Wildman–Crippen MR) is 77.4 cm³/mol. The highest BCUT2D eigenvalue weighted by Crippen LogP contribution is 2.21. The molecule has 0 unspecified atom stereocenters. The van der Waals surface area contributed by atoms with Crippen LogP contribution in [0.3, 0.4) is 0 Å². The Morgan fingerprint density at radius 1 is 1.65 bits per heavy atom. The number of methoxy groups -OCH3 is 1. The lowest BCUT2D eigenvalue weighted by atomic mass is 10.1. The number of hydrogen-bond acceptors (Lipinski definition) is 4. The van der Waals surface area contributed by atoms with Crippen molar-refractivity contribution in [3.8, 4) is 0 Å². The molecule has 0 radical (unpaired) electrons. The van der Waals surface area contributed by atoms with Crippen LogP contribution in [0.1, 0.15) is 24.3 Å². The Labute approximate surface area is 122 Å². The van der Waals surface area contributed by atoms with Crippen molar-refractivity contribution in [2.45, 2.75) is 19.4 Å². The van der Waals surface area contributed by atoms with Crippen molar-refractivity contribution >= 4 is 23.2 Å². The first-order valence-electron chi connectivity index (χ1n) is 6.72. The van der Waals surface area contributed by atoms with E-state index in [4.69, 9.17) is 4.74 Å². The molecule has 0 bridgehead atoms. The molecule has 1 aliphatic heterocycles. The molecule has 2 amide bonds. The summed E-state index contributed by atoms with van der Waals surface area (Å²) in [5.74, 6) is -0.257. The highest BCUT2D eigenvalue weighted by molar-refractivity contribution is 7.10. The van der Waals surface area contributed by atoms with E-state index in [-0.39, 0.29) is 23.8 Å². The zero-order chi connectivity index (χ0) is 14.5. The summed E-state index contributed by atoms with van der Waals surface area (Å²) in [7, 11) is 1.60. The van der Waals surface area contributed by atoms with Crippen LogP contribution < -0.4 is 5.32 Å². The summed E-state index contributed by atoms with van der Waals surface area (Å²) in [4.78, 5) is 26.8. The van der Waals surface area contributed by atoms with Crippen LogP contribution in [-0.2, 0) is 14.3 Å². The number of thiophene rings is 1. The second-order valence-electron chi connectivity index (χ2n) is 4.98. The first-order chi connectivity index (χ1) is 9.61. The zero-order valence-electron chi connectivity index (χ0n) is 11.8. The second kappa shape index (κ2) is 6.85. The van der Waals surface area contributed by atoms with Gasteiger partial charge < -0.3 is 15.0 Å². The first kappa shape index (κ1) is 15.0. The Kier molecular flexibility index (Phi) is 5.14. The van der Waals surface area contributed by atoms with Crippen LogP contribution in [0.25, 0.3) is 0 Å². The molecule has 2 rings (SSSR count). The van der Waals surface area contributed by atoms with Gasteiger partial charge in [-0.3, -0.25) is 9.59 Å². The van der Waals surface area contributed by atoms with Gasteiger partial charge in [-0.15, -0.1) is 11.3 Å². The number of nitrogens with zero attached hydrogens (tertiary/aromatic N) is 1. The fourth-order valence-corrected chi connectivity index (χ4v) is 3.04. The zero-order valence-corrected chi connectivity index (χ0v) is 12.6. The monoisotopic (exact) mass is 296 g/mol. The number of carbonyl (C=O) groups is 2. The molecule has 0 spiro atoms. The van der Waals surface area contributed by atoms with Gasteiger partial charge in [0, 0.05) is 31.5 Å². The van der Waals surface area contributed by atoms with Gasteiger partial charge in [0.1, 0.15) is 0 Å². The number of hydrogen-bond donors (Lipinski definition) is 1. The van der Waals surface area contributed by atoms with E-state index in [0.717, 1.165) is 4.88 Å². The number of ether oxygens (including phenoxy) is 1. The van der Waals surface area contributed by atoms with Crippen molar-refractivity contribution in [2.24, 2.45) is 5.92 Å². The average Bonchev–Trinajstić information content (AvgIpc) is 3.06. The van der Waals surface area contributed by atoms with Gasteiger partial charge >= 0.3 is 0 Å². The number of likely N-dealkylation sites (tertiary alicyclic amines) is 1. The minimum absolute atomic E-state index is 0.00868. The van der Waals surface area contributed by atoms with Crippen molar-refractivity contribution in [3.63, 3.8) is 0 Å². The van der Waals surface area contributed by atoms with E-state index in [9.17, 15) is 9.59 Å². The van der Waals surface area contributed by atoms with E-state index in [1.54, 1.807) is 23.3 Å². The Balaban J connectivity index is 1.86. The van der Waals surface area contributed by atoms with Gasteiger partial charge in [-0.2, -0.15) is 0 Å². The van der Waals surface area contributed by atoms with Gasteiger partial charge in [-0.1, -0.05) is 6.07 Å². The summed E-state index contributed by atoms with van der Waals surface area (Å²) < 4.78 is 4.97. The van der Waals surface area contributed by atoms with Crippen LogP contribution in [0.4, 0.5) is 0 Å². The predicted octanol–water partition coefficient (Wildman–Crippen LogP) is 1.42. The van der Waals surface area contributed by atoms with E-state index in [2.05, 4.69) is 5.32 Å². The number of amides is 2. The molecule has 0 saturated carbocycles. The summed E-state index contributed by atoms with van der Waals surface area (Å²) in [6.07, 6.45) is 0.298. The van der Waals surface area contributed by atoms with Gasteiger partial charge in [-0.05, 0) is 18.4 Å². The van der Waals surface area contributed by atoms with Gasteiger partial charge in [0.2, 0.25) is 11.8 Å². The summed E-state index contributed by atoms with van der Waals surface area (Å²) >= 11 is 1.62. The summed E-state index contributed by atoms with van der Waals surface area (Å²) in [6.45, 7) is 3.51. The van der Waals surface area contributed by atoms with Crippen molar-refractivity contribution in [2.75, 3.05) is 26.8 Å². The van der Waals surface area contributed by atoms with Crippen molar-refractivity contribution in [3.05, 3.63) is 22.4 Å². The Hall–Kier alpha value is -1.40. The van der Waals surface area contributed by atoms with Gasteiger partial charge in [0.15, 0.2) is 0 Å². The van der Waals surface area contributed by atoms with Gasteiger partial charge in [0.25, 0.3) is 0 Å². The van der Waals surface area contributed by atoms with E-state index in [1.165, 1.54) is 0 Å². The minimum Gasteiger partial charge on any atom is -0.383 e. The summed E-state index contributed by atoms with van der Waals surface area (Å²) in [5, 5.41) is 4.97. The van der Waals surface area contributed by atoms with Gasteiger partial charge in [0.05, 0.1) is 18.6 Å². The topological polar surface area (TPSA) is 58.6 Å². The lowest BCUT2D eigenvalue weighted by Gasteiger charge is -2.17. The summed E-state index contributed by atoms with van der Waals surface area (Å²) in [5.41, 5.74) is 0. The summed E-state index contributed by atoms with van der Waals surface area (Å²) in [6, 6.07) is 3.96. The molecule has 20 heavy (non-hydrogen) atoms. The quantitative estimate of drug-likeness (QED) is 0.864. The van der Waals surface area contributed by atoms with Crippen LogP contribution in [0, 0.1) is 5.92 Å². The Bertz CT molecular complexity index is 461. The molecule has 110 valence electrons. The highest BCUT2D eigenvalue weighted by atomic mass is 32.1. The molecular weight excluding hydrogens is 276 g/mol. The van der Waals surface area contributed by atoms with Crippen molar-refractivity contribution in [1.29, 1.82) is 0 Å². The molecule has 0 aromatic carbocycles. The molecule has 1 aliphatic rings. The molecule has 1 N–H and O–H groups in total. The average molecular weight is 296 g/mol. The molecular formula is C14H20N2O3S. The maximum absolute atomic E-state index is 12.2. The lowest BCUT2D eigenvalue weighted by Crippen LogP contribution is -2.35. The van der Waals surface area contributed by atoms with Crippen LogP contribution in [0.15, 0.2) is 17.5 Å². The third-order valence-electron chi connectivity index (χ3n) is 3.48. The Morgan fingerprint density at radius 3 is 3.10 bits per heavy atom. The van der Waals surface area contributed by atoms with Crippen LogP contribution in [-0.4, -0.2) is 43.5 Å². The molecule has 2 heterocycles. The lowest BCUT2D eigenvalue weighted by molar-refractivity contribution is -0.129. The standard InChI is InChI=1S/C14H20N2O3S/c1-10(12-4-3-7-20-12)15-14(18)11-8-13(17)16(9-11)5-6-19-2/h3-4,7,10-11H,5-6,8-9H2,1-2H3,(H,15,18)/t10-,11-/m1/s1. The number of nitrogens with one attached hydrogen (secondary N) is 1. The SMILES string of the molecule is COCCN1C[C@H](C(=O)N[C@H](C)c2cccs2)CC1=O. The number of carbonyl (C=O) groups excluding carboxylic acids is 2. The van der Waals surface area contributed by atoms with Crippen LogP contribution >= 0.6 is 11.3 Å². The molecule has 1 fully saturated rings. The molecule has 1 saturated heterocycles. The third kappa shape index (κ3) is 3.58. The first-order valence-corrected chi connectivity index (χ1v) is 7.60. The van der Waals surface area contributed by atoms with E-state index in [0.29, 0.717) is 26.1 Å². The van der Waals surface area contributed by atoms with E-state index >= 15 is 0 Å². The fourth-order valence-electron chi connectivity index (χ4n) is 2.31. The molecule has 5 nitrogen and oxygen atoms in total. The largest absolute Gasteiger partial charge is 0.383 e. The maximum Gasteiger partial charge on any atom is 0.225 e. The van der Waals surface area contributed by atoms with Crippen molar-refractivity contribution in [1.82, 2.24) is 10.2 Å². The molecule has 0 aliphatic carbocycles. The Morgan fingerprint density at radius 2 is 2.45 bits per heavy atom. The molecule has 1 aromatic heterocycles. The van der Waals surface area contributed by atoms with E-state index in [1.807, 2.05) is 24.4 Å². The van der Waals surface area contributed by atoms with E-state index < -0.39 is 0 Å². The highest BCUT2D eigenvalue weighted by Gasteiger charge is 2.34. The molecule has 2 atom stereocenters. The van der Waals surface area contributed by atoms with Crippen LogP contribution in [0.2, 0.25) is 0 Å². The third-order valence-corrected chi connectivity index (χ3v) is 4.53. The molecule has 1 aromatic rings. The normalized spacial score (nSPS) is 20.2. The minimum atomic E-state index is -0.248. The smallest absolute Gasteiger partial charge is 0.225 e. The fraction of sp³-hybridized carbons (Fsp3) is 0.571. The number of rotatable bonds is 6.